The third-order valence-corrected chi connectivity index (χ3v) is 3.63. The summed E-state index contributed by atoms with van der Waals surface area (Å²) in [6, 6.07) is 5.68. The number of benzene rings is 1. The van der Waals surface area contributed by atoms with Crippen molar-refractivity contribution < 1.29 is 22.8 Å². The van der Waals surface area contributed by atoms with Gasteiger partial charge in [-0.2, -0.15) is 12.7 Å². The van der Waals surface area contributed by atoms with Crippen LogP contribution < -0.4 is 4.74 Å². The van der Waals surface area contributed by atoms with Crippen molar-refractivity contribution in [1.82, 2.24) is 4.31 Å². The molecular weight excluding hydrogens is 270 g/mol. The predicted molar refractivity (Wildman–Crippen MR) is 71.6 cm³/mol. The van der Waals surface area contributed by atoms with Crippen LogP contribution in [-0.2, 0) is 10.3 Å². The molecule has 1 rings (SSSR count). The van der Waals surface area contributed by atoms with Crippen LogP contribution in [0.15, 0.2) is 18.2 Å². The molecule has 0 aliphatic carbocycles. The normalized spacial score (nSPS) is 13.6. The average molecular weight is 289 g/mol. The summed E-state index contributed by atoms with van der Waals surface area (Å²) in [5.41, 5.74) is 1.88. The van der Waals surface area contributed by atoms with Crippen molar-refractivity contribution in [3.63, 3.8) is 0 Å². The summed E-state index contributed by atoms with van der Waals surface area (Å²) in [7, 11) is -3.10. The van der Waals surface area contributed by atoms with Gasteiger partial charge in [-0.1, -0.05) is 18.2 Å². The zero-order valence-electron chi connectivity index (χ0n) is 11.2. The van der Waals surface area contributed by atoms with Gasteiger partial charge in [0.2, 0.25) is 0 Å². The summed E-state index contributed by atoms with van der Waals surface area (Å²) in [4.78, 5) is 0. The van der Waals surface area contributed by atoms with Crippen LogP contribution in [0.25, 0.3) is 0 Å². The molecule has 0 saturated heterocycles. The second kappa shape index (κ2) is 6.33. The van der Waals surface area contributed by atoms with Gasteiger partial charge in [-0.15, -0.1) is 0 Å². The third-order valence-electron chi connectivity index (χ3n) is 2.69. The molecule has 1 aromatic carbocycles. The summed E-state index contributed by atoms with van der Waals surface area (Å²) in [5, 5.41) is 9.68. The van der Waals surface area contributed by atoms with Crippen molar-refractivity contribution in [2.75, 3.05) is 20.2 Å². The van der Waals surface area contributed by atoms with Crippen LogP contribution in [0.5, 0.6) is 5.75 Å². The third kappa shape index (κ3) is 4.79. The van der Waals surface area contributed by atoms with Crippen LogP contribution in [-0.4, -0.2) is 48.7 Å². The van der Waals surface area contributed by atoms with E-state index in [1.807, 2.05) is 32.0 Å². The Hall–Kier alpha value is -1.15. The molecule has 0 spiro atoms. The minimum Gasteiger partial charge on any atom is -0.490 e. The quantitative estimate of drug-likeness (QED) is 0.756. The maximum absolute atomic E-state index is 10.8. The molecule has 7 heteroatoms. The Balaban J connectivity index is 2.58. The molecule has 0 fully saturated rings. The van der Waals surface area contributed by atoms with Crippen LogP contribution in [0.1, 0.15) is 11.1 Å². The highest BCUT2D eigenvalue weighted by Crippen LogP contribution is 2.22. The largest absolute Gasteiger partial charge is 0.490 e. The highest BCUT2D eigenvalue weighted by molar-refractivity contribution is 7.83. The zero-order valence-corrected chi connectivity index (χ0v) is 12.0. The number of rotatable bonds is 6. The van der Waals surface area contributed by atoms with E-state index < -0.39 is 16.4 Å². The van der Waals surface area contributed by atoms with Crippen molar-refractivity contribution >= 4 is 10.3 Å². The van der Waals surface area contributed by atoms with Crippen LogP contribution in [0, 0.1) is 13.8 Å². The smallest absolute Gasteiger partial charge is 0.335 e. The second-order valence-electron chi connectivity index (χ2n) is 4.44. The SMILES string of the molecule is Cc1cccc(C)c1OC[C@@H](O)CN(C)S(=O)(=O)O. The van der Waals surface area contributed by atoms with Crippen molar-refractivity contribution in [2.45, 2.75) is 20.0 Å². The summed E-state index contributed by atoms with van der Waals surface area (Å²) in [5.74, 6) is 0.677. The number of hydrogen-bond donors (Lipinski definition) is 2. The first-order chi connectivity index (χ1) is 8.71. The van der Waals surface area contributed by atoms with Crippen LogP contribution in [0.4, 0.5) is 0 Å². The number of nitrogens with zero attached hydrogens (tertiary/aromatic N) is 1. The van der Waals surface area contributed by atoms with Crippen LogP contribution in [0.2, 0.25) is 0 Å². The number of ether oxygens (including phenoxy) is 1. The molecule has 0 heterocycles. The lowest BCUT2D eigenvalue weighted by atomic mass is 10.1. The Kier molecular flexibility index (Phi) is 5.30. The van der Waals surface area contributed by atoms with E-state index in [1.165, 1.54) is 7.05 Å². The van der Waals surface area contributed by atoms with Gasteiger partial charge < -0.3 is 9.84 Å². The lowest BCUT2D eigenvalue weighted by molar-refractivity contribution is 0.0912. The molecule has 0 radical (unpaired) electrons. The summed E-state index contributed by atoms with van der Waals surface area (Å²) in [6.45, 7) is 3.49. The molecule has 1 aromatic rings. The molecule has 2 N–H and O–H groups in total. The van der Waals surface area contributed by atoms with Gasteiger partial charge in [0.1, 0.15) is 18.5 Å². The lowest BCUT2D eigenvalue weighted by Gasteiger charge is -2.19. The highest BCUT2D eigenvalue weighted by atomic mass is 32.2. The fourth-order valence-corrected chi connectivity index (χ4v) is 2.01. The molecule has 0 aliphatic rings. The van der Waals surface area contributed by atoms with Gasteiger partial charge in [0.05, 0.1) is 0 Å². The number of likely N-dealkylation sites (N-methyl/N-ethyl adjacent to an activating group) is 1. The molecule has 19 heavy (non-hydrogen) atoms. The average Bonchev–Trinajstić information content (AvgIpc) is 2.27. The van der Waals surface area contributed by atoms with E-state index in [-0.39, 0.29) is 13.2 Å². The number of para-hydroxylation sites is 1. The van der Waals surface area contributed by atoms with E-state index in [1.54, 1.807) is 0 Å². The Morgan fingerprint density at radius 2 is 1.84 bits per heavy atom. The Morgan fingerprint density at radius 3 is 2.32 bits per heavy atom. The number of aliphatic hydroxyl groups excluding tert-OH is 1. The van der Waals surface area contributed by atoms with Crippen molar-refractivity contribution in [3.05, 3.63) is 29.3 Å². The van der Waals surface area contributed by atoms with Gasteiger partial charge in [0.25, 0.3) is 0 Å². The lowest BCUT2D eigenvalue weighted by Crippen LogP contribution is -2.36. The summed E-state index contributed by atoms with van der Waals surface area (Å²) >= 11 is 0. The van der Waals surface area contributed by atoms with Gasteiger partial charge in [0, 0.05) is 13.6 Å². The van der Waals surface area contributed by atoms with E-state index in [9.17, 15) is 13.5 Å². The Bertz CT molecular complexity index is 509. The van der Waals surface area contributed by atoms with E-state index in [0.717, 1.165) is 11.1 Å². The van der Waals surface area contributed by atoms with Gasteiger partial charge in [-0.25, -0.2) is 0 Å². The van der Waals surface area contributed by atoms with Gasteiger partial charge >= 0.3 is 10.3 Å². The van der Waals surface area contributed by atoms with Gasteiger partial charge in [-0.05, 0) is 25.0 Å². The van der Waals surface area contributed by atoms with E-state index in [0.29, 0.717) is 10.1 Å². The predicted octanol–water partition coefficient (Wildman–Crippen LogP) is 0.778. The van der Waals surface area contributed by atoms with Crippen LogP contribution in [0.3, 0.4) is 0 Å². The van der Waals surface area contributed by atoms with Gasteiger partial charge in [0.15, 0.2) is 0 Å². The Labute approximate surface area is 113 Å². The summed E-state index contributed by atoms with van der Waals surface area (Å²) < 4.78 is 36.5. The van der Waals surface area contributed by atoms with Crippen molar-refractivity contribution in [1.29, 1.82) is 0 Å². The second-order valence-corrected chi connectivity index (χ2v) is 5.96. The molecule has 0 amide bonds. The van der Waals surface area contributed by atoms with E-state index in [2.05, 4.69) is 0 Å². The topological polar surface area (TPSA) is 87.1 Å². The standard InChI is InChI=1S/C12H19NO5S/c1-9-5-4-6-10(2)12(9)18-8-11(14)7-13(3)19(15,16)17/h4-6,11,14H,7-8H2,1-3H3,(H,15,16,17)/t11-/m0/s1. The fraction of sp³-hybridized carbons (Fsp3) is 0.500. The van der Waals surface area contributed by atoms with E-state index in [4.69, 9.17) is 9.29 Å². The minimum atomic E-state index is -4.28. The van der Waals surface area contributed by atoms with Crippen LogP contribution >= 0.6 is 0 Å². The molecule has 0 aliphatic heterocycles. The van der Waals surface area contributed by atoms with E-state index >= 15 is 0 Å². The first kappa shape index (κ1) is 15.9. The molecule has 0 bridgehead atoms. The maximum atomic E-state index is 10.8. The molecule has 6 nitrogen and oxygen atoms in total. The zero-order chi connectivity index (χ0) is 14.6. The van der Waals surface area contributed by atoms with Gasteiger partial charge in [-0.3, -0.25) is 4.55 Å². The number of aliphatic hydroxyl groups is 1. The summed E-state index contributed by atoms with van der Waals surface area (Å²) in [6.07, 6.45) is -1.02. The molecule has 0 aromatic heterocycles. The number of hydrogen-bond acceptors (Lipinski definition) is 4. The van der Waals surface area contributed by atoms with Crippen molar-refractivity contribution in [2.24, 2.45) is 0 Å². The Morgan fingerprint density at radius 1 is 1.32 bits per heavy atom. The fourth-order valence-electron chi connectivity index (χ4n) is 1.65. The van der Waals surface area contributed by atoms with Crippen molar-refractivity contribution in [3.8, 4) is 5.75 Å². The minimum absolute atomic E-state index is 0.0500. The molecule has 1 atom stereocenters. The maximum Gasteiger partial charge on any atom is 0.335 e. The molecule has 0 saturated carbocycles. The number of aryl methyl sites for hydroxylation is 2. The molecule has 0 unspecified atom stereocenters. The first-order valence-corrected chi connectivity index (χ1v) is 7.17. The molecule has 108 valence electrons. The molecular formula is C12H19NO5S. The monoisotopic (exact) mass is 289 g/mol. The highest BCUT2D eigenvalue weighted by Gasteiger charge is 2.18. The first-order valence-electron chi connectivity index (χ1n) is 5.77.